The first-order chi connectivity index (χ1) is 8.16. The summed E-state index contributed by atoms with van der Waals surface area (Å²) in [6.45, 7) is -0.0573. The highest BCUT2D eigenvalue weighted by molar-refractivity contribution is 9.10. The number of hydrogen-bond donors (Lipinski definition) is 0. The second-order valence-electron chi connectivity index (χ2n) is 3.32. The maximum atomic E-state index is 13.3. The molecule has 0 unspecified atom stereocenters. The lowest BCUT2D eigenvalue weighted by atomic mass is 10.2. The Bertz CT molecular complexity index is 534. The minimum absolute atomic E-state index is 0.0573. The van der Waals surface area contributed by atoms with Crippen LogP contribution >= 0.6 is 15.9 Å². The van der Waals surface area contributed by atoms with Gasteiger partial charge in [-0.2, -0.15) is 0 Å². The number of pyridine rings is 1. The van der Waals surface area contributed by atoms with Gasteiger partial charge in [-0.1, -0.05) is 18.2 Å². The predicted octanol–water partition coefficient (Wildman–Crippen LogP) is 3.70. The summed E-state index contributed by atoms with van der Waals surface area (Å²) in [6, 6.07) is 7.41. The van der Waals surface area contributed by atoms with Crippen LogP contribution in [0.25, 0.3) is 0 Å². The van der Waals surface area contributed by atoms with Crippen molar-refractivity contribution in [3.05, 3.63) is 58.2 Å². The third-order valence-electron chi connectivity index (χ3n) is 2.10. The normalized spacial score (nSPS) is 10.3. The minimum atomic E-state index is -0.587. The summed E-state index contributed by atoms with van der Waals surface area (Å²) in [5.41, 5.74) is 0.358. The first-order valence-electron chi connectivity index (χ1n) is 4.84. The van der Waals surface area contributed by atoms with Crippen LogP contribution in [0, 0.1) is 11.6 Å². The molecule has 88 valence electrons. The predicted molar refractivity (Wildman–Crippen MR) is 62.6 cm³/mol. The third-order valence-corrected chi connectivity index (χ3v) is 2.53. The molecule has 17 heavy (non-hydrogen) atoms. The van der Waals surface area contributed by atoms with E-state index in [-0.39, 0.29) is 18.3 Å². The molecule has 2 nitrogen and oxygen atoms in total. The second kappa shape index (κ2) is 5.23. The highest BCUT2D eigenvalue weighted by Crippen LogP contribution is 2.19. The lowest BCUT2D eigenvalue weighted by Crippen LogP contribution is -2.01. The van der Waals surface area contributed by atoms with E-state index < -0.39 is 5.82 Å². The van der Waals surface area contributed by atoms with E-state index in [1.165, 1.54) is 18.3 Å². The molecule has 1 aromatic heterocycles. The van der Waals surface area contributed by atoms with Crippen molar-refractivity contribution in [2.75, 3.05) is 0 Å². The van der Waals surface area contributed by atoms with Gasteiger partial charge < -0.3 is 4.74 Å². The fourth-order valence-electron chi connectivity index (χ4n) is 1.27. The van der Waals surface area contributed by atoms with Crippen LogP contribution in [-0.2, 0) is 6.61 Å². The highest BCUT2D eigenvalue weighted by atomic mass is 79.9. The van der Waals surface area contributed by atoms with Gasteiger partial charge in [0.1, 0.15) is 12.4 Å². The number of halogens is 3. The van der Waals surface area contributed by atoms with E-state index in [0.29, 0.717) is 10.0 Å². The Morgan fingerprint density at radius 3 is 2.65 bits per heavy atom. The highest BCUT2D eigenvalue weighted by Gasteiger charge is 2.07. The van der Waals surface area contributed by atoms with E-state index >= 15 is 0 Å². The summed E-state index contributed by atoms with van der Waals surface area (Å²) < 4.78 is 32.2. The first-order valence-corrected chi connectivity index (χ1v) is 5.63. The van der Waals surface area contributed by atoms with Crippen LogP contribution in [0.3, 0.4) is 0 Å². The Morgan fingerprint density at radius 2 is 1.94 bits per heavy atom. The monoisotopic (exact) mass is 299 g/mol. The van der Waals surface area contributed by atoms with Gasteiger partial charge in [0.25, 0.3) is 5.88 Å². The number of nitrogens with zero attached hydrogens (tertiary/aromatic N) is 1. The van der Waals surface area contributed by atoms with Crippen molar-refractivity contribution < 1.29 is 13.5 Å². The van der Waals surface area contributed by atoms with Gasteiger partial charge in [0.15, 0.2) is 5.82 Å². The third kappa shape index (κ3) is 3.00. The Morgan fingerprint density at radius 1 is 1.18 bits per heavy atom. The zero-order chi connectivity index (χ0) is 12.3. The van der Waals surface area contributed by atoms with Gasteiger partial charge in [-0.3, -0.25) is 0 Å². The van der Waals surface area contributed by atoms with Crippen LogP contribution in [-0.4, -0.2) is 4.98 Å². The molecule has 1 heterocycles. The summed E-state index contributed by atoms with van der Waals surface area (Å²) >= 11 is 3.09. The first kappa shape index (κ1) is 12.0. The van der Waals surface area contributed by atoms with Crippen molar-refractivity contribution in [3.8, 4) is 5.88 Å². The summed E-state index contributed by atoms with van der Waals surface area (Å²) in [7, 11) is 0. The fourth-order valence-corrected chi connectivity index (χ4v) is 1.57. The molecule has 0 radical (unpaired) electrons. The molecule has 2 rings (SSSR count). The molecule has 0 aliphatic rings. The van der Waals surface area contributed by atoms with Gasteiger partial charge in [-0.15, -0.1) is 0 Å². The minimum Gasteiger partial charge on any atom is -0.471 e. The van der Waals surface area contributed by atoms with Crippen molar-refractivity contribution in [1.82, 2.24) is 4.98 Å². The summed E-state index contributed by atoms with van der Waals surface area (Å²) in [4.78, 5) is 3.76. The maximum Gasteiger partial charge on any atom is 0.250 e. The van der Waals surface area contributed by atoms with Gasteiger partial charge >= 0.3 is 0 Å². The Balaban J connectivity index is 2.10. The van der Waals surface area contributed by atoms with Crippen molar-refractivity contribution in [2.24, 2.45) is 0 Å². The molecule has 0 saturated heterocycles. The van der Waals surface area contributed by atoms with Crippen LogP contribution in [0.15, 0.2) is 41.0 Å². The van der Waals surface area contributed by atoms with Crippen LogP contribution < -0.4 is 4.74 Å². The fraction of sp³-hybridized carbons (Fsp3) is 0.0833. The van der Waals surface area contributed by atoms with Crippen molar-refractivity contribution in [1.29, 1.82) is 0 Å². The van der Waals surface area contributed by atoms with E-state index in [9.17, 15) is 8.78 Å². The van der Waals surface area contributed by atoms with Crippen molar-refractivity contribution in [2.45, 2.75) is 6.61 Å². The number of hydrogen-bond acceptors (Lipinski definition) is 2. The molecule has 0 atom stereocenters. The van der Waals surface area contributed by atoms with Crippen LogP contribution in [0.1, 0.15) is 5.56 Å². The molecule has 0 aliphatic heterocycles. The van der Waals surface area contributed by atoms with Crippen molar-refractivity contribution >= 4 is 15.9 Å². The molecule has 2 aromatic rings. The van der Waals surface area contributed by atoms with E-state index in [0.717, 1.165) is 0 Å². The zero-order valence-corrected chi connectivity index (χ0v) is 10.2. The van der Waals surface area contributed by atoms with Crippen LogP contribution in [0.5, 0.6) is 5.88 Å². The summed E-state index contributed by atoms with van der Waals surface area (Å²) in [5.74, 6) is -1.11. The van der Waals surface area contributed by atoms with Gasteiger partial charge in [-0.25, -0.2) is 13.8 Å². The average Bonchev–Trinajstić information content (AvgIpc) is 2.30. The summed E-state index contributed by atoms with van der Waals surface area (Å²) in [6.07, 6.45) is 1.42. The van der Waals surface area contributed by atoms with Crippen LogP contribution in [0.2, 0.25) is 0 Å². The maximum absolute atomic E-state index is 13.3. The Labute approximate surface area is 105 Å². The smallest absolute Gasteiger partial charge is 0.250 e. The molecule has 0 fully saturated rings. The van der Waals surface area contributed by atoms with Gasteiger partial charge in [-0.05, 0) is 28.1 Å². The number of benzene rings is 1. The van der Waals surface area contributed by atoms with Gasteiger partial charge in [0.05, 0.1) is 0 Å². The molecule has 0 bridgehead atoms. The average molecular weight is 300 g/mol. The molecule has 0 amide bonds. The zero-order valence-electron chi connectivity index (χ0n) is 8.66. The molecule has 0 N–H and O–H groups in total. The Kier molecular flexibility index (Phi) is 3.68. The number of aromatic nitrogens is 1. The lowest BCUT2D eigenvalue weighted by Gasteiger charge is -2.06. The van der Waals surface area contributed by atoms with E-state index in [1.807, 2.05) is 0 Å². The quantitative estimate of drug-likeness (QED) is 0.862. The molecule has 5 heteroatoms. The molecule has 0 spiro atoms. The second-order valence-corrected chi connectivity index (χ2v) is 4.24. The van der Waals surface area contributed by atoms with Crippen molar-refractivity contribution in [3.63, 3.8) is 0 Å². The largest absolute Gasteiger partial charge is 0.471 e. The SMILES string of the molecule is Fc1ccccc1COc1ncc(Br)cc1F. The molecule has 0 aliphatic carbocycles. The molecule has 1 aromatic carbocycles. The van der Waals surface area contributed by atoms with E-state index in [1.54, 1.807) is 18.2 Å². The molecular formula is C12H8BrF2NO. The lowest BCUT2D eigenvalue weighted by molar-refractivity contribution is 0.272. The Hall–Kier alpha value is -1.49. The topological polar surface area (TPSA) is 22.1 Å². The summed E-state index contributed by atoms with van der Waals surface area (Å²) in [5, 5.41) is 0. The molecule has 0 saturated carbocycles. The number of rotatable bonds is 3. The number of ether oxygens (including phenoxy) is 1. The van der Waals surface area contributed by atoms with E-state index in [2.05, 4.69) is 20.9 Å². The van der Waals surface area contributed by atoms with Gasteiger partial charge in [0, 0.05) is 16.2 Å². The molecular weight excluding hydrogens is 292 g/mol. The standard InChI is InChI=1S/C12H8BrF2NO/c13-9-5-11(15)12(16-6-9)17-7-8-3-1-2-4-10(8)14/h1-6H,7H2. The van der Waals surface area contributed by atoms with Crippen LogP contribution in [0.4, 0.5) is 8.78 Å². The van der Waals surface area contributed by atoms with E-state index in [4.69, 9.17) is 4.74 Å². The van der Waals surface area contributed by atoms with Gasteiger partial charge in [0.2, 0.25) is 0 Å².